The maximum Gasteiger partial charge on any atom is 0.0555 e. The number of aryl methyl sites for hydroxylation is 1. The Balaban J connectivity index is 2.26. The minimum Gasteiger partial charge on any atom is -0.313 e. The SMILES string of the molecule is CCc1ccc(C2(C)CNCCN2C)cc1. The number of benzene rings is 1. The van der Waals surface area contributed by atoms with Crippen LogP contribution in [-0.2, 0) is 12.0 Å². The van der Waals surface area contributed by atoms with Crippen molar-refractivity contribution in [3.8, 4) is 0 Å². The highest BCUT2D eigenvalue weighted by atomic mass is 15.2. The van der Waals surface area contributed by atoms with Crippen LogP contribution in [0.4, 0.5) is 0 Å². The zero-order valence-electron chi connectivity index (χ0n) is 10.6. The van der Waals surface area contributed by atoms with E-state index in [0.29, 0.717) is 0 Å². The lowest BCUT2D eigenvalue weighted by atomic mass is 9.88. The minimum absolute atomic E-state index is 0.143. The lowest BCUT2D eigenvalue weighted by Gasteiger charge is -2.43. The van der Waals surface area contributed by atoms with Crippen molar-refractivity contribution in [2.45, 2.75) is 25.8 Å². The number of hydrogen-bond acceptors (Lipinski definition) is 2. The molecule has 1 N–H and O–H groups in total. The van der Waals surface area contributed by atoms with Crippen LogP contribution in [0.2, 0.25) is 0 Å². The molecule has 1 aliphatic heterocycles. The van der Waals surface area contributed by atoms with Gasteiger partial charge in [0.25, 0.3) is 0 Å². The number of rotatable bonds is 2. The second-order valence-corrected chi connectivity index (χ2v) is 4.92. The fraction of sp³-hybridized carbons (Fsp3) is 0.571. The number of hydrogen-bond donors (Lipinski definition) is 1. The quantitative estimate of drug-likeness (QED) is 0.817. The van der Waals surface area contributed by atoms with Crippen LogP contribution in [0, 0.1) is 0 Å². The van der Waals surface area contributed by atoms with E-state index in [1.54, 1.807) is 0 Å². The second kappa shape index (κ2) is 4.56. The van der Waals surface area contributed by atoms with Crippen molar-refractivity contribution >= 4 is 0 Å². The Morgan fingerprint density at radius 3 is 2.56 bits per heavy atom. The van der Waals surface area contributed by atoms with Gasteiger partial charge in [-0.05, 0) is 31.5 Å². The maximum absolute atomic E-state index is 3.49. The van der Waals surface area contributed by atoms with Crippen LogP contribution in [0.5, 0.6) is 0 Å². The summed E-state index contributed by atoms with van der Waals surface area (Å²) in [6, 6.07) is 9.07. The predicted octanol–water partition coefficient (Wildman–Crippen LogP) is 2.00. The molecule has 1 atom stereocenters. The maximum atomic E-state index is 3.49. The molecule has 0 bridgehead atoms. The molecule has 2 heteroatoms. The lowest BCUT2D eigenvalue weighted by Crippen LogP contribution is -2.55. The van der Waals surface area contributed by atoms with Crippen molar-refractivity contribution in [1.29, 1.82) is 0 Å². The first-order valence-corrected chi connectivity index (χ1v) is 6.18. The average molecular weight is 218 g/mol. The molecule has 0 radical (unpaired) electrons. The normalized spacial score (nSPS) is 26.9. The Hall–Kier alpha value is -0.860. The summed E-state index contributed by atoms with van der Waals surface area (Å²) in [6.45, 7) is 7.77. The largest absolute Gasteiger partial charge is 0.313 e. The van der Waals surface area contributed by atoms with Crippen LogP contribution < -0.4 is 5.32 Å². The monoisotopic (exact) mass is 218 g/mol. The third kappa shape index (κ3) is 2.00. The van der Waals surface area contributed by atoms with E-state index >= 15 is 0 Å². The summed E-state index contributed by atoms with van der Waals surface area (Å²) < 4.78 is 0. The van der Waals surface area contributed by atoms with E-state index in [0.717, 1.165) is 26.1 Å². The summed E-state index contributed by atoms with van der Waals surface area (Å²) in [4.78, 5) is 2.45. The molecule has 88 valence electrons. The highest BCUT2D eigenvalue weighted by Gasteiger charge is 2.33. The van der Waals surface area contributed by atoms with Crippen LogP contribution >= 0.6 is 0 Å². The van der Waals surface area contributed by atoms with E-state index < -0.39 is 0 Å². The van der Waals surface area contributed by atoms with Crippen molar-refractivity contribution in [1.82, 2.24) is 10.2 Å². The van der Waals surface area contributed by atoms with Crippen LogP contribution in [0.1, 0.15) is 25.0 Å². The molecule has 2 rings (SSSR count). The van der Waals surface area contributed by atoms with E-state index in [-0.39, 0.29) is 5.54 Å². The van der Waals surface area contributed by atoms with Gasteiger partial charge >= 0.3 is 0 Å². The Bertz CT molecular complexity index is 344. The molecule has 1 aromatic rings. The Kier molecular flexibility index (Phi) is 3.31. The average Bonchev–Trinajstić information content (AvgIpc) is 2.33. The highest BCUT2D eigenvalue weighted by molar-refractivity contribution is 5.29. The summed E-state index contributed by atoms with van der Waals surface area (Å²) in [5.41, 5.74) is 2.98. The van der Waals surface area contributed by atoms with Gasteiger partial charge < -0.3 is 5.32 Å². The van der Waals surface area contributed by atoms with E-state index in [9.17, 15) is 0 Å². The molecule has 0 amide bonds. The topological polar surface area (TPSA) is 15.3 Å². The molecule has 1 aliphatic rings. The predicted molar refractivity (Wildman–Crippen MR) is 68.7 cm³/mol. The Labute approximate surface area is 98.7 Å². The van der Waals surface area contributed by atoms with Crippen molar-refractivity contribution < 1.29 is 0 Å². The van der Waals surface area contributed by atoms with Gasteiger partial charge in [-0.25, -0.2) is 0 Å². The molecule has 1 fully saturated rings. The van der Waals surface area contributed by atoms with E-state index in [1.807, 2.05) is 0 Å². The molecule has 2 nitrogen and oxygen atoms in total. The van der Waals surface area contributed by atoms with E-state index in [4.69, 9.17) is 0 Å². The number of nitrogens with one attached hydrogen (secondary N) is 1. The zero-order valence-corrected chi connectivity index (χ0v) is 10.6. The van der Waals surface area contributed by atoms with Crippen LogP contribution in [-0.4, -0.2) is 31.6 Å². The molecule has 0 aliphatic carbocycles. The summed E-state index contributed by atoms with van der Waals surface area (Å²) in [5, 5.41) is 3.49. The molecular weight excluding hydrogens is 196 g/mol. The van der Waals surface area contributed by atoms with Crippen molar-refractivity contribution in [2.24, 2.45) is 0 Å². The molecule has 0 spiro atoms. The fourth-order valence-electron chi connectivity index (χ4n) is 2.38. The molecule has 1 unspecified atom stereocenters. The van der Waals surface area contributed by atoms with Gasteiger partial charge in [0.15, 0.2) is 0 Å². The standard InChI is InChI=1S/C14H22N2/c1-4-12-5-7-13(8-6-12)14(2)11-15-9-10-16(14)3/h5-8,15H,4,9-11H2,1-3H3. The van der Waals surface area contributed by atoms with Gasteiger partial charge in [0.05, 0.1) is 5.54 Å². The van der Waals surface area contributed by atoms with Crippen molar-refractivity contribution in [3.63, 3.8) is 0 Å². The molecular formula is C14H22N2. The third-order valence-corrected chi connectivity index (χ3v) is 3.92. The number of likely N-dealkylation sites (N-methyl/N-ethyl adjacent to an activating group) is 1. The lowest BCUT2D eigenvalue weighted by molar-refractivity contribution is 0.104. The molecule has 0 saturated carbocycles. The van der Waals surface area contributed by atoms with Gasteiger partial charge in [-0.15, -0.1) is 0 Å². The van der Waals surface area contributed by atoms with E-state index in [1.165, 1.54) is 11.1 Å². The van der Waals surface area contributed by atoms with Gasteiger partial charge in [-0.1, -0.05) is 31.2 Å². The first kappa shape index (κ1) is 11.6. The van der Waals surface area contributed by atoms with Gasteiger partial charge in [0, 0.05) is 19.6 Å². The molecule has 1 heterocycles. The van der Waals surface area contributed by atoms with Gasteiger partial charge in [-0.3, -0.25) is 4.90 Å². The molecule has 0 aromatic heterocycles. The summed E-state index contributed by atoms with van der Waals surface area (Å²) in [7, 11) is 2.22. The van der Waals surface area contributed by atoms with Crippen LogP contribution in [0.25, 0.3) is 0 Å². The number of nitrogens with zero attached hydrogens (tertiary/aromatic N) is 1. The van der Waals surface area contributed by atoms with E-state index in [2.05, 4.69) is 55.4 Å². The first-order valence-electron chi connectivity index (χ1n) is 6.18. The fourth-order valence-corrected chi connectivity index (χ4v) is 2.38. The zero-order chi connectivity index (χ0) is 11.6. The summed E-state index contributed by atoms with van der Waals surface area (Å²) in [6.07, 6.45) is 1.12. The Morgan fingerprint density at radius 2 is 2.00 bits per heavy atom. The minimum atomic E-state index is 0.143. The molecule has 1 saturated heterocycles. The van der Waals surface area contributed by atoms with Crippen LogP contribution in [0.3, 0.4) is 0 Å². The first-order chi connectivity index (χ1) is 7.66. The van der Waals surface area contributed by atoms with Gasteiger partial charge in [0.1, 0.15) is 0 Å². The smallest absolute Gasteiger partial charge is 0.0555 e. The summed E-state index contributed by atoms with van der Waals surface area (Å²) in [5.74, 6) is 0. The third-order valence-electron chi connectivity index (χ3n) is 3.92. The second-order valence-electron chi connectivity index (χ2n) is 4.92. The van der Waals surface area contributed by atoms with Gasteiger partial charge in [0.2, 0.25) is 0 Å². The Morgan fingerprint density at radius 1 is 1.31 bits per heavy atom. The molecule has 1 aromatic carbocycles. The van der Waals surface area contributed by atoms with Crippen molar-refractivity contribution in [2.75, 3.05) is 26.7 Å². The van der Waals surface area contributed by atoms with Gasteiger partial charge in [-0.2, -0.15) is 0 Å². The number of piperazine rings is 1. The van der Waals surface area contributed by atoms with Crippen molar-refractivity contribution in [3.05, 3.63) is 35.4 Å². The molecule has 16 heavy (non-hydrogen) atoms. The van der Waals surface area contributed by atoms with Crippen LogP contribution in [0.15, 0.2) is 24.3 Å². The summed E-state index contributed by atoms with van der Waals surface area (Å²) >= 11 is 0. The highest BCUT2D eigenvalue weighted by Crippen LogP contribution is 2.28.